The van der Waals surface area contributed by atoms with E-state index < -0.39 is 205 Å². The van der Waals surface area contributed by atoms with E-state index in [0.29, 0.717) is 31.3 Å². The van der Waals surface area contributed by atoms with Gasteiger partial charge in [-0.25, -0.2) is 14.4 Å². The van der Waals surface area contributed by atoms with Crippen LogP contribution < -0.4 is 0 Å². The van der Waals surface area contributed by atoms with Crippen molar-refractivity contribution in [3.05, 3.63) is 34.9 Å². The Bertz CT molecular complexity index is 2410. The average Bonchev–Trinajstić information content (AvgIpc) is 1.99. The molecule has 24 heteroatoms. The van der Waals surface area contributed by atoms with E-state index in [0.717, 1.165) is 5.57 Å². The second kappa shape index (κ2) is 23.3. The molecule has 11 unspecified atom stereocenters. The molecule has 3 heterocycles. The van der Waals surface area contributed by atoms with Gasteiger partial charge in [0.25, 0.3) is 0 Å². The zero-order valence-corrected chi connectivity index (χ0v) is 47.8. The van der Waals surface area contributed by atoms with Crippen molar-refractivity contribution in [3.8, 4) is 0 Å². The summed E-state index contributed by atoms with van der Waals surface area (Å²) >= 11 is 0. The molecule has 0 aromatic rings. The summed E-state index contributed by atoms with van der Waals surface area (Å²) in [6.07, 6.45) is -25.7. The van der Waals surface area contributed by atoms with E-state index in [1.165, 1.54) is 0 Å². The molecule has 7 fully saturated rings. The third kappa shape index (κ3) is 9.98. The third-order valence-corrected chi connectivity index (χ3v) is 21.5. The number of aliphatic hydroxyl groups excluding tert-OH is 12. The van der Waals surface area contributed by atoms with Crippen LogP contribution in [0.5, 0.6) is 0 Å². The second-order valence-electron chi connectivity index (χ2n) is 25.9. The molecule has 0 aromatic carbocycles. The Labute approximate surface area is 471 Å². The highest BCUT2D eigenvalue weighted by Gasteiger charge is 2.77. The Morgan fingerprint density at radius 1 is 0.630 bits per heavy atom. The molecule has 460 valence electrons. The highest BCUT2D eigenvalue weighted by atomic mass is 16.8. The van der Waals surface area contributed by atoms with Crippen LogP contribution in [-0.4, -0.2) is 227 Å². The number of carboxylic acids is 1. The van der Waals surface area contributed by atoms with Crippen LogP contribution in [0, 0.1) is 50.2 Å². The quantitative estimate of drug-likeness (QED) is 0.0415. The van der Waals surface area contributed by atoms with Crippen molar-refractivity contribution in [2.45, 2.75) is 224 Å². The van der Waals surface area contributed by atoms with Crippen LogP contribution in [0.4, 0.5) is 0 Å². The molecule has 0 aromatic heterocycles. The minimum absolute atomic E-state index is 0.165. The number of carboxylic acid groups (broad SMARTS) is 1. The summed E-state index contributed by atoms with van der Waals surface area (Å²) in [6.45, 7) is 15.3. The number of carbonyl (C=O) groups excluding carboxylic acids is 2. The van der Waals surface area contributed by atoms with Gasteiger partial charge in [-0.2, -0.15) is 0 Å². The summed E-state index contributed by atoms with van der Waals surface area (Å²) in [7, 11) is 0. The van der Waals surface area contributed by atoms with Crippen LogP contribution in [0.25, 0.3) is 0 Å². The lowest BCUT2D eigenvalue weighted by Gasteiger charge is -2.73. The largest absolute Gasteiger partial charge is 0.479 e. The topological polar surface area (TPSA) is 388 Å². The van der Waals surface area contributed by atoms with Gasteiger partial charge in [0.15, 0.2) is 31.1 Å². The van der Waals surface area contributed by atoms with E-state index in [2.05, 4.69) is 19.9 Å². The molecule has 4 saturated carbocycles. The molecule has 0 bridgehead atoms. The van der Waals surface area contributed by atoms with Gasteiger partial charge < -0.3 is 104 Å². The molecule has 8 rings (SSSR count). The number of aliphatic carboxylic acids is 1. The van der Waals surface area contributed by atoms with Crippen LogP contribution in [0.1, 0.15) is 108 Å². The van der Waals surface area contributed by atoms with E-state index in [1.807, 2.05) is 27.7 Å². The lowest BCUT2D eigenvalue weighted by atomic mass is 9.32. The van der Waals surface area contributed by atoms with E-state index >= 15 is 0 Å². The first-order valence-corrected chi connectivity index (χ1v) is 28.3. The minimum atomic E-state index is -2.18. The van der Waals surface area contributed by atoms with E-state index in [9.17, 15) is 80.8 Å². The molecular formula is C57H88O24. The van der Waals surface area contributed by atoms with Crippen LogP contribution in [0.2, 0.25) is 0 Å². The van der Waals surface area contributed by atoms with Crippen molar-refractivity contribution in [1.29, 1.82) is 0 Å². The van der Waals surface area contributed by atoms with E-state index in [4.69, 9.17) is 37.9 Å². The van der Waals surface area contributed by atoms with Gasteiger partial charge in [-0.3, -0.25) is 0 Å². The van der Waals surface area contributed by atoms with Gasteiger partial charge in [0.2, 0.25) is 0 Å². The Balaban J connectivity index is 1.15. The monoisotopic (exact) mass is 1160 g/mol. The summed E-state index contributed by atoms with van der Waals surface area (Å²) in [4.78, 5) is 40.4. The summed E-state index contributed by atoms with van der Waals surface area (Å²) in [5, 5.41) is 146. The number of carbonyl (C=O) groups is 3. The van der Waals surface area contributed by atoms with Gasteiger partial charge in [-0.15, -0.1) is 0 Å². The highest BCUT2D eigenvalue weighted by Crippen LogP contribution is 2.76. The number of hydrogen-bond acceptors (Lipinski definition) is 23. The molecule has 27 atom stereocenters. The zero-order valence-electron chi connectivity index (χ0n) is 47.8. The first kappa shape index (κ1) is 63.9. The lowest BCUT2D eigenvalue weighted by molar-refractivity contribution is -0.387. The maximum absolute atomic E-state index is 13.9. The Morgan fingerprint density at radius 3 is 1.70 bits per heavy atom. The molecule has 3 aliphatic heterocycles. The summed E-state index contributed by atoms with van der Waals surface area (Å²) in [5.41, 5.74) is -5.25. The highest BCUT2D eigenvalue weighted by molar-refractivity contribution is 5.89. The van der Waals surface area contributed by atoms with Gasteiger partial charge in [-0.1, -0.05) is 65.3 Å². The van der Waals surface area contributed by atoms with Crippen molar-refractivity contribution >= 4 is 17.9 Å². The number of aliphatic hydroxyl groups is 12. The van der Waals surface area contributed by atoms with Crippen LogP contribution in [0.15, 0.2) is 34.9 Å². The Kier molecular flexibility index (Phi) is 18.4. The van der Waals surface area contributed by atoms with Gasteiger partial charge in [-0.05, 0) is 94.8 Å². The number of esters is 2. The molecule has 8 aliphatic rings. The number of ether oxygens (including phenoxy) is 8. The van der Waals surface area contributed by atoms with Gasteiger partial charge in [0.1, 0.15) is 67.1 Å². The molecule has 0 spiro atoms. The van der Waals surface area contributed by atoms with Gasteiger partial charge in [0, 0.05) is 27.4 Å². The van der Waals surface area contributed by atoms with Crippen molar-refractivity contribution in [1.82, 2.24) is 0 Å². The number of allylic oxidation sites excluding steroid dienone is 3. The van der Waals surface area contributed by atoms with Crippen LogP contribution in [0.3, 0.4) is 0 Å². The van der Waals surface area contributed by atoms with Crippen LogP contribution >= 0.6 is 0 Å². The van der Waals surface area contributed by atoms with E-state index in [-0.39, 0.29) is 24.3 Å². The fourth-order valence-corrected chi connectivity index (χ4v) is 16.2. The number of rotatable bonds is 15. The molecular weight excluding hydrogens is 1070 g/mol. The molecule has 3 saturated heterocycles. The number of hydrogen-bond donors (Lipinski definition) is 13. The van der Waals surface area contributed by atoms with Crippen molar-refractivity contribution in [2.75, 3.05) is 26.4 Å². The summed E-state index contributed by atoms with van der Waals surface area (Å²) in [5.74, 6) is -4.48. The predicted molar refractivity (Wildman–Crippen MR) is 278 cm³/mol. The zero-order chi connectivity index (χ0) is 60.0. The molecule has 5 aliphatic carbocycles. The second-order valence-corrected chi connectivity index (χ2v) is 25.9. The first-order valence-electron chi connectivity index (χ1n) is 28.3. The van der Waals surface area contributed by atoms with Crippen molar-refractivity contribution in [3.63, 3.8) is 0 Å². The van der Waals surface area contributed by atoms with Crippen molar-refractivity contribution in [2.24, 2.45) is 50.2 Å². The van der Waals surface area contributed by atoms with E-state index in [1.54, 1.807) is 39.8 Å². The SMILES string of the molecule is C/C=C(/C)C(=O)O[C@H]1[C@H](OC(=O)/C(C)=C\C)[C@@]2(CO)C(CC1(C)C)C1=CCC3[C@@]4(C)CC[C@H](O[C@@H]5OC(C(=O)O)[C@@H](O)[C@@H](OC6OC(CO)C(O)C6O)C5O[C@@H]5OC(CO)[C@@H](O)[C@@H](O)C5O)[C@](C)(CO)C4CC[C@@]3(C)[C@]1(C)[C@@H](O)[C@H]2O. The molecule has 81 heavy (non-hydrogen) atoms. The fraction of sp³-hybridized carbons (Fsp3) is 0.842. The standard InChI is InChI=1S/C57H88O24/c1-11-24(3)47(72)80-44-45(81-48(73)25(4)12-2)57(23-61)27(19-52(44,5)6)26-13-14-31-53(7)17-16-32(54(8,22-60)30(53)15-18-55(31,9)56(26,10)42(68)43(57)69)76-51-41(79-50-37(66)35(64)33(62)28(20-58)74-50)39(38(67)40(78-51)46(70)71)77-49-36(65)34(63)29(21-59)75-49/h11-13,27-45,49-51,58-69H,14-23H2,1-10H3,(H,70,71)/b24-11-,25-12-/t27?,28?,29?,30?,31?,32-,33+,34?,35+,36?,37?,38-,39+,40?,41?,42-,43+,44-,45-,49?,50-,51+,53-,54+,55+,56-,57-/m0/s1. The van der Waals surface area contributed by atoms with Gasteiger partial charge in [0.05, 0.1) is 50.2 Å². The number of fused-ring (bicyclic) bond motifs is 7. The van der Waals surface area contributed by atoms with Crippen LogP contribution in [-0.2, 0) is 52.3 Å². The smallest absolute Gasteiger partial charge is 0.335 e. The molecule has 0 amide bonds. The predicted octanol–water partition coefficient (Wildman–Crippen LogP) is -0.765. The third-order valence-electron chi connectivity index (χ3n) is 21.5. The fourth-order valence-electron chi connectivity index (χ4n) is 16.2. The summed E-state index contributed by atoms with van der Waals surface area (Å²) in [6, 6.07) is 0. The van der Waals surface area contributed by atoms with Gasteiger partial charge >= 0.3 is 17.9 Å². The molecule has 24 nitrogen and oxygen atoms in total. The average molecular weight is 1160 g/mol. The molecule has 13 N–H and O–H groups in total. The Morgan fingerprint density at radius 2 is 1.17 bits per heavy atom. The maximum Gasteiger partial charge on any atom is 0.335 e. The normalized spacial score (nSPS) is 49.8. The maximum atomic E-state index is 13.9. The first-order chi connectivity index (χ1) is 37.9. The summed E-state index contributed by atoms with van der Waals surface area (Å²) < 4.78 is 48.8. The Hall–Kier alpha value is -3.09. The molecule has 0 radical (unpaired) electrons. The van der Waals surface area contributed by atoms with Crippen molar-refractivity contribution < 1.29 is 119 Å². The minimum Gasteiger partial charge on any atom is -0.479 e. The lowest BCUT2D eigenvalue weighted by Crippen LogP contribution is -2.76.